The van der Waals surface area contributed by atoms with Crippen molar-refractivity contribution in [2.24, 2.45) is 50.2 Å². The zero-order valence-corrected chi connectivity index (χ0v) is 25.0. The van der Waals surface area contributed by atoms with Crippen LogP contribution in [0, 0.1) is 50.2 Å². The Kier molecular flexibility index (Phi) is 5.57. The molecule has 0 aromatic heterocycles. The van der Waals surface area contributed by atoms with Gasteiger partial charge in [0, 0.05) is 19.3 Å². The SMILES string of the molecule is CC(=O)OC1CCC2C3(C)CCC4(C)C5CC(C)(C)CCC5(C)CCC4(C)C3CC3OOC2(O3)C1(C)C. The Morgan fingerprint density at radius 2 is 1.43 bits per heavy atom. The van der Waals surface area contributed by atoms with Crippen molar-refractivity contribution in [2.45, 2.75) is 145 Å². The van der Waals surface area contributed by atoms with Gasteiger partial charge in [-0.1, -0.05) is 55.4 Å². The Labute approximate surface area is 225 Å². The molecule has 1 spiro atoms. The minimum Gasteiger partial charge on any atom is -0.462 e. The molecular weight excluding hydrogens is 464 g/mol. The first-order valence-electron chi connectivity index (χ1n) is 15.2. The number of carbonyl (C=O) groups excluding carboxylic acids is 1. The molecule has 5 heteroatoms. The number of rotatable bonds is 1. The van der Waals surface area contributed by atoms with Crippen molar-refractivity contribution in [2.75, 3.05) is 0 Å². The lowest BCUT2D eigenvalue weighted by Gasteiger charge is -2.72. The molecule has 5 nitrogen and oxygen atoms in total. The van der Waals surface area contributed by atoms with Gasteiger partial charge in [0.1, 0.15) is 6.10 Å². The van der Waals surface area contributed by atoms with Gasteiger partial charge >= 0.3 is 5.97 Å². The van der Waals surface area contributed by atoms with Crippen molar-refractivity contribution in [1.29, 1.82) is 0 Å². The maximum absolute atomic E-state index is 12.0. The van der Waals surface area contributed by atoms with Gasteiger partial charge in [-0.3, -0.25) is 4.79 Å². The highest BCUT2D eigenvalue weighted by molar-refractivity contribution is 5.66. The lowest BCUT2D eigenvalue weighted by molar-refractivity contribution is -0.413. The van der Waals surface area contributed by atoms with E-state index in [1.165, 1.54) is 51.9 Å². The fraction of sp³-hybridized carbons (Fsp3) is 0.969. The molecule has 10 atom stereocenters. The van der Waals surface area contributed by atoms with Crippen LogP contribution in [0.25, 0.3) is 0 Å². The van der Waals surface area contributed by atoms with Crippen LogP contribution in [-0.4, -0.2) is 24.2 Å². The number of ether oxygens (including phenoxy) is 2. The molecule has 0 aromatic carbocycles. The molecule has 6 fully saturated rings. The van der Waals surface area contributed by atoms with Gasteiger partial charge in [-0.15, -0.1) is 0 Å². The van der Waals surface area contributed by atoms with E-state index in [1.807, 2.05) is 0 Å². The highest BCUT2D eigenvalue weighted by Gasteiger charge is 2.76. The van der Waals surface area contributed by atoms with Crippen LogP contribution in [0.4, 0.5) is 0 Å². The number of carbonyl (C=O) groups is 1. The van der Waals surface area contributed by atoms with Crippen LogP contribution in [0.15, 0.2) is 0 Å². The van der Waals surface area contributed by atoms with Crippen LogP contribution in [0.2, 0.25) is 0 Å². The molecule has 0 aromatic rings. The molecule has 210 valence electrons. The predicted octanol–water partition coefficient (Wildman–Crippen LogP) is 7.81. The molecular formula is C32H52O5. The Balaban J connectivity index is 1.42. The molecule has 0 radical (unpaired) electrons. The predicted molar refractivity (Wildman–Crippen MR) is 142 cm³/mol. The van der Waals surface area contributed by atoms with Crippen LogP contribution in [0.1, 0.15) is 127 Å². The molecule has 10 unspecified atom stereocenters. The zero-order valence-electron chi connectivity index (χ0n) is 25.0. The average molecular weight is 517 g/mol. The molecule has 6 aliphatic rings. The van der Waals surface area contributed by atoms with Crippen molar-refractivity contribution < 1.29 is 24.0 Å². The molecule has 4 saturated carbocycles. The minimum atomic E-state index is -0.889. The van der Waals surface area contributed by atoms with E-state index in [-0.39, 0.29) is 35.1 Å². The number of esters is 1. The molecule has 0 N–H and O–H groups in total. The normalized spacial score (nSPS) is 55.6. The fourth-order valence-corrected chi connectivity index (χ4v) is 11.4. The first kappa shape index (κ1) is 26.6. The number of hydrogen-bond donors (Lipinski definition) is 0. The molecule has 2 aliphatic heterocycles. The van der Waals surface area contributed by atoms with Gasteiger partial charge in [0.2, 0.25) is 5.79 Å². The van der Waals surface area contributed by atoms with Gasteiger partial charge in [-0.2, -0.15) is 4.89 Å². The monoisotopic (exact) mass is 516 g/mol. The van der Waals surface area contributed by atoms with Gasteiger partial charge in [0.25, 0.3) is 0 Å². The van der Waals surface area contributed by atoms with Crippen LogP contribution >= 0.6 is 0 Å². The second-order valence-electron chi connectivity index (χ2n) is 16.5. The van der Waals surface area contributed by atoms with Gasteiger partial charge in [-0.05, 0) is 96.7 Å². The van der Waals surface area contributed by atoms with Gasteiger partial charge in [-0.25, -0.2) is 4.89 Å². The second kappa shape index (κ2) is 7.75. The van der Waals surface area contributed by atoms with E-state index in [1.54, 1.807) is 0 Å². The molecule has 6 rings (SSSR count). The van der Waals surface area contributed by atoms with Crippen LogP contribution < -0.4 is 0 Å². The summed E-state index contributed by atoms with van der Waals surface area (Å²) in [6.07, 6.45) is 11.3. The highest BCUT2D eigenvalue weighted by atomic mass is 17.3. The first-order chi connectivity index (χ1) is 17.0. The number of fused-ring (bicyclic) bond motifs is 7. The standard InChI is InChI=1S/C32H52O5/c1-20(33)34-24-11-10-21-29(7)15-17-31(9)23-19-26(2,3)12-13-28(23,6)14-16-30(31,8)22(29)18-25-35-32(21,37-36-25)27(24,4)5/h21-25H,10-19H2,1-9H3. The summed E-state index contributed by atoms with van der Waals surface area (Å²) in [7, 11) is 0. The van der Waals surface area contributed by atoms with E-state index in [9.17, 15) is 4.79 Å². The summed E-state index contributed by atoms with van der Waals surface area (Å²) in [6.45, 7) is 21.3. The third-order valence-electron chi connectivity index (χ3n) is 14.0. The maximum atomic E-state index is 12.0. The molecule has 4 aliphatic carbocycles. The summed E-state index contributed by atoms with van der Waals surface area (Å²) in [5.41, 5.74) is 1.01. The van der Waals surface area contributed by atoms with Crippen molar-refractivity contribution in [3.8, 4) is 0 Å². The quantitative estimate of drug-likeness (QED) is 0.263. The zero-order chi connectivity index (χ0) is 26.9. The summed E-state index contributed by atoms with van der Waals surface area (Å²) in [6, 6.07) is 0. The lowest BCUT2D eigenvalue weighted by Crippen LogP contribution is -2.69. The van der Waals surface area contributed by atoms with Crippen molar-refractivity contribution >= 4 is 5.97 Å². The molecule has 37 heavy (non-hydrogen) atoms. The van der Waals surface area contributed by atoms with Crippen molar-refractivity contribution in [1.82, 2.24) is 0 Å². The maximum Gasteiger partial charge on any atom is 0.302 e. The second-order valence-corrected chi connectivity index (χ2v) is 16.5. The summed E-state index contributed by atoms with van der Waals surface area (Å²) < 4.78 is 12.7. The van der Waals surface area contributed by atoms with Crippen molar-refractivity contribution in [3.63, 3.8) is 0 Å². The fourth-order valence-electron chi connectivity index (χ4n) is 11.4. The average Bonchev–Trinajstić information content (AvgIpc) is 3.18. The third kappa shape index (κ3) is 3.29. The lowest BCUT2D eigenvalue weighted by atomic mass is 9.32. The van der Waals surface area contributed by atoms with Gasteiger partial charge in [0.05, 0.1) is 5.41 Å². The Morgan fingerprint density at radius 3 is 2.14 bits per heavy atom. The van der Waals surface area contributed by atoms with Crippen LogP contribution in [-0.2, 0) is 24.0 Å². The summed E-state index contributed by atoms with van der Waals surface area (Å²) in [4.78, 5) is 24.4. The smallest absolute Gasteiger partial charge is 0.302 e. The summed E-state index contributed by atoms with van der Waals surface area (Å²) >= 11 is 0. The van der Waals surface area contributed by atoms with E-state index in [0.717, 1.165) is 25.2 Å². The van der Waals surface area contributed by atoms with Gasteiger partial charge < -0.3 is 9.47 Å². The molecule has 2 bridgehead atoms. The Bertz CT molecular complexity index is 974. The molecule has 2 saturated heterocycles. The van der Waals surface area contributed by atoms with E-state index in [2.05, 4.69) is 55.4 Å². The molecule has 2 heterocycles. The Hall–Kier alpha value is -0.650. The van der Waals surface area contributed by atoms with Gasteiger partial charge in [0.15, 0.2) is 6.29 Å². The van der Waals surface area contributed by atoms with Crippen molar-refractivity contribution in [3.05, 3.63) is 0 Å². The Morgan fingerprint density at radius 1 is 0.784 bits per heavy atom. The third-order valence-corrected chi connectivity index (χ3v) is 14.0. The summed E-state index contributed by atoms with van der Waals surface area (Å²) in [5.74, 6) is 0.352. The minimum absolute atomic E-state index is 0.0865. The van der Waals surface area contributed by atoms with E-state index >= 15 is 0 Å². The van der Waals surface area contributed by atoms with E-state index < -0.39 is 11.2 Å². The summed E-state index contributed by atoms with van der Waals surface area (Å²) in [5, 5.41) is 0. The largest absolute Gasteiger partial charge is 0.462 e. The molecule has 0 amide bonds. The topological polar surface area (TPSA) is 54.0 Å². The van der Waals surface area contributed by atoms with E-state index in [4.69, 9.17) is 19.2 Å². The van der Waals surface area contributed by atoms with E-state index in [0.29, 0.717) is 22.2 Å². The first-order valence-corrected chi connectivity index (χ1v) is 15.2. The number of hydrogen-bond acceptors (Lipinski definition) is 5. The van der Waals surface area contributed by atoms with Crippen LogP contribution in [0.5, 0.6) is 0 Å². The highest BCUT2D eigenvalue weighted by Crippen LogP contribution is 2.78. The van der Waals surface area contributed by atoms with Crippen LogP contribution in [0.3, 0.4) is 0 Å².